The number of hydrogen-bond donors (Lipinski definition) is 1. The van der Waals surface area contributed by atoms with E-state index in [9.17, 15) is 4.79 Å². The molecule has 6 aromatic rings. The number of fused-ring (bicyclic) bond motifs is 1. The molecule has 2 aromatic heterocycles. The van der Waals surface area contributed by atoms with Crippen LogP contribution < -0.4 is 15.2 Å². The Labute approximate surface area is 379 Å². The molecule has 3 heterocycles. The van der Waals surface area contributed by atoms with Gasteiger partial charge in [0.1, 0.15) is 47.4 Å². The van der Waals surface area contributed by atoms with Gasteiger partial charge in [-0.1, -0.05) is 84.9 Å². The Morgan fingerprint density at radius 3 is 1.98 bits per heavy atom. The standard InChI is InChI=1S/C48H56N7O9P/c1-32(2)55(33(3)4)65(58,61-27-26-53(5)31-56)64-40-28-41(54-30-52-42-46(49)50-29-51-47(42)54)62-44(40)45(43(57)34-14-10-8-11-15-34)63-48(35-16-12-9-13-17-35,36-18-22-38(59-6)23-19-36)37-20-24-39(60-7)25-21-37/h8-25,29-33,40-41,44-45H,26-28H2,1-7H3,(H2,49,50,51)/t40-,41+,44-,45?,65?/m0/s1. The summed E-state index contributed by atoms with van der Waals surface area (Å²) in [6.07, 6.45) is -1.18. The lowest BCUT2D eigenvalue weighted by molar-refractivity contribution is -0.125. The van der Waals surface area contributed by atoms with Crippen LogP contribution in [-0.4, -0.2) is 106 Å². The number of carbonyl (C=O) groups is 2. The minimum absolute atomic E-state index is 0.0387. The monoisotopic (exact) mass is 905 g/mol. The molecular formula is C48H56N7O9P. The van der Waals surface area contributed by atoms with Crippen molar-refractivity contribution >= 4 is 36.9 Å². The number of ether oxygens (including phenoxy) is 4. The predicted octanol–water partition coefficient (Wildman–Crippen LogP) is 7.69. The number of imidazole rings is 1. The van der Waals surface area contributed by atoms with E-state index in [4.69, 9.17) is 33.7 Å². The van der Waals surface area contributed by atoms with Crippen molar-refractivity contribution in [2.24, 2.45) is 0 Å². The van der Waals surface area contributed by atoms with Gasteiger partial charge >= 0.3 is 7.75 Å². The van der Waals surface area contributed by atoms with E-state index in [1.165, 1.54) is 17.6 Å². The first kappa shape index (κ1) is 47.0. The number of carbonyl (C=O) groups excluding carboxylic acids is 2. The summed E-state index contributed by atoms with van der Waals surface area (Å²) in [5.41, 5.74) is 7.83. The fourth-order valence-electron chi connectivity index (χ4n) is 8.38. The van der Waals surface area contributed by atoms with Gasteiger partial charge in [-0.2, -0.15) is 0 Å². The molecule has 0 saturated carbocycles. The molecule has 1 aliphatic heterocycles. The molecule has 2 N–H and O–H groups in total. The van der Waals surface area contributed by atoms with Crippen LogP contribution in [0.5, 0.6) is 11.5 Å². The normalized spacial score (nSPS) is 17.9. The summed E-state index contributed by atoms with van der Waals surface area (Å²) in [6, 6.07) is 32.7. The molecule has 1 amide bonds. The average Bonchev–Trinajstić information content (AvgIpc) is 3.94. The molecule has 0 aliphatic carbocycles. The highest BCUT2D eigenvalue weighted by atomic mass is 31.2. The molecule has 16 nitrogen and oxygen atoms in total. The van der Waals surface area contributed by atoms with Crippen molar-refractivity contribution in [1.29, 1.82) is 0 Å². The van der Waals surface area contributed by atoms with Gasteiger partial charge in [-0.15, -0.1) is 0 Å². The third kappa shape index (κ3) is 9.83. The molecule has 0 radical (unpaired) electrons. The van der Waals surface area contributed by atoms with Crippen LogP contribution >= 0.6 is 7.75 Å². The fraction of sp³-hybridized carbons (Fsp3) is 0.354. The van der Waals surface area contributed by atoms with Crippen molar-refractivity contribution in [3.05, 3.63) is 144 Å². The van der Waals surface area contributed by atoms with Gasteiger partial charge in [0, 0.05) is 37.7 Å². The van der Waals surface area contributed by atoms with Crippen molar-refractivity contribution in [3.63, 3.8) is 0 Å². The van der Waals surface area contributed by atoms with Gasteiger partial charge < -0.3 is 29.6 Å². The Morgan fingerprint density at radius 2 is 1.43 bits per heavy atom. The zero-order chi connectivity index (χ0) is 46.3. The van der Waals surface area contributed by atoms with Crippen molar-refractivity contribution in [2.75, 3.05) is 40.2 Å². The first-order chi connectivity index (χ1) is 31.3. The average molecular weight is 906 g/mol. The van der Waals surface area contributed by atoms with E-state index in [2.05, 4.69) is 15.0 Å². The summed E-state index contributed by atoms with van der Waals surface area (Å²) in [7, 11) is 0.490. The summed E-state index contributed by atoms with van der Waals surface area (Å²) < 4.78 is 58.1. The first-order valence-electron chi connectivity index (χ1n) is 21.4. The van der Waals surface area contributed by atoms with Crippen molar-refractivity contribution in [1.82, 2.24) is 29.1 Å². The number of amides is 1. The number of rotatable bonds is 21. The largest absolute Gasteiger partial charge is 0.497 e. The number of nitrogens with two attached hydrogens (primary N) is 1. The topological polar surface area (TPSA) is 183 Å². The molecule has 17 heteroatoms. The molecular weight excluding hydrogens is 850 g/mol. The van der Waals surface area contributed by atoms with Crippen LogP contribution in [0.1, 0.15) is 67.4 Å². The zero-order valence-electron chi connectivity index (χ0n) is 37.6. The number of anilines is 1. The SMILES string of the molecule is COc1ccc(C(OC(C(=O)c2ccccc2)[C@H]2O[C@@H](n3cnc4c(N)ncnc43)C[C@@H]2OP(=O)(OCCN(C)C=O)N(C(C)C)C(C)C)(c2ccccc2)c2ccc(OC)cc2)cc1. The number of hydrogen-bond acceptors (Lipinski definition) is 13. The highest BCUT2D eigenvalue weighted by Crippen LogP contribution is 2.58. The van der Waals surface area contributed by atoms with Crippen LogP contribution in [0.3, 0.4) is 0 Å². The summed E-state index contributed by atoms with van der Waals surface area (Å²) in [5, 5.41) is 0. The number of aromatic nitrogens is 4. The Kier molecular flexibility index (Phi) is 14.8. The molecule has 1 saturated heterocycles. The number of benzene rings is 4. The quantitative estimate of drug-likeness (QED) is 0.0321. The summed E-state index contributed by atoms with van der Waals surface area (Å²) in [6.45, 7) is 7.61. The third-order valence-electron chi connectivity index (χ3n) is 11.4. The van der Waals surface area contributed by atoms with E-state index in [0.717, 1.165) is 0 Å². The summed E-state index contributed by atoms with van der Waals surface area (Å²) in [4.78, 5) is 41.7. The van der Waals surface area contributed by atoms with E-state index in [1.54, 1.807) is 54.8 Å². The van der Waals surface area contributed by atoms with Crippen LogP contribution in [0.15, 0.2) is 122 Å². The number of nitrogens with zero attached hydrogens (tertiary/aromatic N) is 6. The Balaban J connectivity index is 1.46. The van der Waals surface area contributed by atoms with Crippen LogP contribution in [0.4, 0.5) is 5.82 Å². The molecule has 0 spiro atoms. The van der Waals surface area contributed by atoms with Gasteiger partial charge in [-0.25, -0.2) is 24.2 Å². The van der Waals surface area contributed by atoms with Crippen molar-refractivity contribution in [2.45, 2.75) is 76.3 Å². The fourth-order valence-corrected chi connectivity index (χ4v) is 10.7. The molecule has 2 unspecified atom stereocenters. The van der Waals surface area contributed by atoms with E-state index in [1.807, 2.05) is 113 Å². The van der Waals surface area contributed by atoms with Crippen LogP contribution in [-0.2, 0) is 33.5 Å². The third-order valence-corrected chi connectivity index (χ3v) is 13.9. The smallest absolute Gasteiger partial charge is 0.409 e. The first-order valence-corrected chi connectivity index (χ1v) is 22.9. The number of likely N-dealkylation sites (N-methyl/N-ethyl adjacent to an activating group) is 1. The second kappa shape index (κ2) is 20.4. The molecule has 4 aromatic carbocycles. The van der Waals surface area contributed by atoms with Crippen LogP contribution in [0.25, 0.3) is 11.2 Å². The molecule has 7 rings (SSSR count). The molecule has 65 heavy (non-hydrogen) atoms. The predicted molar refractivity (Wildman–Crippen MR) is 245 cm³/mol. The molecule has 342 valence electrons. The molecule has 0 bridgehead atoms. The second-order valence-corrected chi connectivity index (χ2v) is 18.1. The minimum Gasteiger partial charge on any atom is -0.497 e. The van der Waals surface area contributed by atoms with Gasteiger partial charge in [0.25, 0.3) is 0 Å². The summed E-state index contributed by atoms with van der Waals surface area (Å²) >= 11 is 0. The lowest BCUT2D eigenvalue weighted by atomic mass is 9.79. The number of Topliss-reactive ketones (excluding diaryl/α,β-unsaturated/α-hetero) is 1. The van der Waals surface area contributed by atoms with Crippen LogP contribution in [0.2, 0.25) is 0 Å². The highest BCUT2D eigenvalue weighted by molar-refractivity contribution is 7.51. The maximum absolute atomic E-state index is 15.7. The Bertz CT molecular complexity index is 2510. The van der Waals surface area contributed by atoms with Gasteiger partial charge in [0.15, 0.2) is 23.4 Å². The van der Waals surface area contributed by atoms with E-state index >= 15 is 9.36 Å². The Morgan fingerprint density at radius 1 is 0.862 bits per heavy atom. The van der Waals surface area contributed by atoms with Gasteiger partial charge in [0.2, 0.25) is 6.41 Å². The maximum Gasteiger partial charge on any atom is 0.409 e. The van der Waals surface area contributed by atoms with E-state index < -0.39 is 43.7 Å². The van der Waals surface area contributed by atoms with Crippen LogP contribution in [0, 0.1) is 0 Å². The lowest BCUT2D eigenvalue weighted by Crippen LogP contribution is -2.49. The second-order valence-electron chi connectivity index (χ2n) is 16.2. The van der Waals surface area contributed by atoms with E-state index in [-0.39, 0.29) is 37.5 Å². The van der Waals surface area contributed by atoms with Crippen molar-refractivity contribution in [3.8, 4) is 11.5 Å². The van der Waals surface area contributed by atoms with Gasteiger partial charge in [-0.3, -0.25) is 23.2 Å². The summed E-state index contributed by atoms with van der Waals surface area (Å²) in [5.74, 6) is 0.975. The minimum atomic E-state index is -4.29. The lowest BCUT2D eigenvalue weighted by Gasteiger charge is -2.41. The number of nitrogen functional groups attached to an aromatic ring is 1. The van der Waals surface area contributed by atoms with Crippen molar-refractivity contribution < 1.29 is 42.1 Å². The highest BCUT2D eigenvalue weighted by Gasteiger charge is 2.53. The molecule has 1 aliphatic rings. The molecule has 5 atom stereocenters. The van der Waals surface area contributed by atoms with Gasteiger partial charge in [-0.05, 0) is 68.7 Å². The van der Waals surface area contributed by atoms with Gasteiger partial charge in [0.05, 0.1) is 27.2 Å². The molecule has 1 fully saturated rings. The maximum atomic E-state index is 15.7. The number of methoxy groups -OCH3 is 2. The Hall–Kier alpha value is -6.00. The number of ketones is 1. The zero-order valence-corrected chi connectivity index (χ0v) is 38.5. The van der Waals surface area contributed by atoms with E-state index in [0.29, 0.717) is 51.3 Å².